The van der Waals surface area contributed by atoms with Crippen molar-refractivity contribution in [3.8, 4) is 0 Å². The van der Waals surface area contributed by atoms with Crippen molar-refractivity contribution in [3.05, 3.63) is 35.9 Å². The van der Waals surface area contributed by atoms with Gasteiger partial charge in [-0.2, -0.15) is 0 Å². The van der Waals surface area contributed by atoms with Crippen LogP contribution in [0.4, 0.5) is 0 Å². The highest BCUT2D eigenvalue weighted by Crippen LogP contribution is 2.14. The van der Waals surface area contributed by atoms with Crippen LogP contribution in [0.3, 0.4) is 0 Å². The van der Waals surface area contributed by atoms with Crippen LogP contribution >= 0.6 is 0 Å². The van der Waals surface area contributed by atoms with Gasteiger partial charge in [-0.25, -0.2) is 0 Å². The molecule has 0 bridgehead atoms. The third-order valence-corrected chi connectivity index (χ3v) is 2.98. The van der Waals surface area contributed by atoms with Gasteiger partial charge in [0.2, 0.25) is 5.91 Å². The van der Waals surface area contributed by atoms with Crippen LogP contribution in [0.5, 0.6) is 0 Å². The lowest BCUT2D eigenvalue weighted by Gasteiger charge is -2.19. The van der Waals surface area contributed by atoms with Crippen molar-refractivity contribution in [3.63, 3.8) is 0 Å². The van der Waals surface area contributed by atoms with Gasteiger partial charge in [0, 0.05) is 19.1 Å². The Morgan fingerprint density at radius 2 is 1.72 bits per heavy atom. The van der Waals surface area contributed by atoms with Gasteiger partial charge in [0.05, 0.1) is 6.04 Å². The third kappa shape index (κ3) is 4.47. The Morgan fingerprint density at radius 3 is 2.22 bits per heavy atom. The summed E-state index contributed by atoms with van der Waals surface area (Å²) in [7, 11) is 0. The summed E-state index contributed by atoms with van der Waals surface area (Å²) in [6.07, 6.45) is 0.766. The monoisotopic (exact) mass is 251 g/mol. The minimum atomic E-state index is -0.328. The summed E-state index contributed by atoms with van der Waals surface area (Å²) in [4.78, 5) is 12.0. The van der Waals surface area contributed by atoms with Gasteiger partial charge in [0.25, 0.3) is 0 Å². The quantitative estimate of drug-likeness (QED) is 0.683. The second-order valence-corrected chi connectivity index (χ2v) is 4.36. The standard InChI is InChI=1S/C14H21NO3/c1-11(12-5-3-2-4-6-12)15-14(18)13(7-9-16)8-10-17/h2-6,11,13,16-17H,7-10H2,1H3,(H,15,18). The number of carbonyl (C=O) groups is 1. The molecule has 1 atom stereocenters. The smallest absolute Gasteiger partial charge is 0.223 e. The van der Waals surface area contributed by atoms with E-state index in [1.54, 1.807) is 0 Å². The van der Waals surface area contributed by atoms with Crippen LogP contribution in [-0.4, -0.2) is 29.3 Å². The number of carbonyl (C=O) groups excluding carboxylic acids is 1. The van der Waals surface area contributed by atoms with Crippen molar-refractivity contribution >= 4 is 5.91 Å². The molecule has 0 fully saturated rings. The molecular formula is C14H21NO3. The Labute approximate surface area is 108 Å². The highest BCUT2D eigenvalue weighted by molar-refractivity contribution is 5.79. The molecule has 1 aromatic rings. The molecule has 4 heteroatoms. The zero-order valence-electron chi connectivity index (χ0n) is 10.7. The molecule has 18 heavy (non-hydrogen) atoms. The Bertz CT molecular complexity index is 347. The zero-order valence-corrected chi connectivity index (χ0v) is 10.7. The van der Waals surface area contributed by atoms with Crippen molar-refractivity contribution in [2.24, 2.45) is 5.92 Å². The number of amides is 1. The van der Waals surface area contributed by atoms with Crippen LogP contribution in [0, 0.1) is 5.92 Å². The lowest BCUT2D eigenvalue weighted by molar-refractivity contribution is -0.126. The van der Waals surface area contributed by atoms with E-state index >= 15 is 0 Å². The lowest BCUT2D eigenvalue weighted by atomic mass is 10.00. The van der Waals surface area contributed by atoms with Gasteiger partial charge in [0.15, 0.2) is 0 Å². The molecular weight excluding hydrogens is 230 g/mol. The molecule has 0 radical (unpaired) electrons. The molecule has 1 unspecified atom stereocenters. The Hall–Kier alpha value is -1.39. The van der Waals surface area contributed by atoms with E-state index < -0.39 is 0 Å². The van der Waals surface area contributed by atoms with Gasteiger partial charge in [0.1, 0.15) is 0 Å². The molecule has 0 saturated heterocycles. The van der Waals surface area contributed by atoms with E-state index in [9.17, 15) is 4.79 Å². The molecule has 0 aliphatic rings. The van der Waals surface area contributed by atoms with E-state index in [1.165, 1.54) is 0 Å². The van der Waals surface area contributed by atoms with Crippen LogP contribution < -0.4 is 5.32 Å². The molecule has 0 saturated carbocycles. The molecule has 0 heterocycles. The van der Waals surface area contributed by atoms with Crippen molar-refractivity contribution in [1.82, 2.24) is 5.32 Å². The van der Waals surface area contributed by atoms with Crippen LogP contribution in [0.25, 0.3) is 0 Å². The highest BCUT2D eigenvalue weighted by Gasteiger charge is 2.19. The maximum atomic E-state index is 12.0. The zero-order chi connectivity index (χ0) is 13.4. The molecule has 1 rings (SSSR count). The first-order chi connectivity index (χ1) is 8.69. The van der Waals surface area contributed by atoms with Gasteiger partial charge in [-0.05, 0) is 25.3 Å². The summed E-state index contributed by atoms with van der Waals surface area (Å²) in [5, 5.41) is 20.7. The van der Waals surface area contributed by atoms with Crippen molar-refractivity contribution < 1.29 is 15.0 Å². The average molecular weight is 251 g/mol. The number of hydrogen-bond acceptors (Lipinski definition) is 3. The van der Waals surface area contributed by atoms with Crippen LogP contribution in [0.2, 0.25) is 0 Å². The second-order valence-electron chi connectivity index (χ2n) is 4.36. The fraction of sp³-hybridized carbons (Fsp3) is 0.500. The first-order valence-electron chi connectivity index (χ1n) is 6.26. The summed E-state index contributed by atoms with van der Waals surface area (Å²) in [5.74, 6) is -0.444. The van der Waals surface area contributed by atoms with Crippen molar-refractivity contribution in [2.45, 2.75) is 25.8 Å². The lowest BCUT2D eigenvalue weighted by Crippen LogP contribution is -2.33. The van der Waals surface area contributed by atoms with Gasteiger partial charge in [-0.1, -0.05) is 30.3 Å². The fourth-order valence-corrected chi connectivity index (χ4v) is 1.87. The SMILES string of the molecule is CC(NC(=O)C(CCO)CCO)c1ccccc1. The maximum absolute atomic E-state index is 12.0. The maximum Gasteiger partial charge on any atom is 0.223 e. The van der Waals surface area contributed by atoms with E-state index in [1.807, 2.05) is 37.3 Å². The number of rotatable bonds is 7. The van der Waals surface area contributed by atoms with Crippen molar-refractivity contribution in [2.75, 3.05) is 13.2 Å². The molecule has 4 nitrogen and oxygen atoms in total. The first kappa shape index (κ1) is 14.7. The molecule has 0 spiro atoms. The molecule has 0 aliphatic heterocycles. The van der Waals surface area contributed by atoms with Gasteiger partial charge in [-0.15, -0.1) is 0 Å². The summed E-state index contributed by atoms with van der Waals surface area (Å²) < 4.78 is 0. The minimum absolute atomic E-state index is 0.0438. The third-order valence-electron chi connectivity index (χ3n) is 2.98. The number of hydrogen-bond donors (Lipinski definition) is 3. The normalized spacial score (nSPS) is 12.4. The molecule has 0 aromatic heterocycles. The van der Waals surface area contributed by atoms with Crippen LogP contribution in [0.1, 0.15) is 31.4 Å². The number of nitrogens with one attached hydrogen (secondary N) is 1. The number of benzene rings is 1. The van der Waals surface area contributed by atoms with E-state index in [0.717, 1.165) is 5.56 Å². The number of aliphatic hydroxyl groups is 2. The largest absolute Gasteiger partial charge is 0.396 e. The Morgan fingerprint density at radius 1 is 1.17 bits per heavy atom. The fourth-order valence-electron chi connectivity index (χ4n) is 1.87. The molecule has 0 aliphatic carbocycles. The van der Waals surface area contributed by atoms with Gasteiger partial charge >= 0.3 is 0 Å². The minimum Gasteiger partial charge on any atom is -0.396 e. The second kappa shape index (κ2) is 7.84. The average Bonchev–Trinajstić information content (AvgIpc) is 2.39. The predicted octanol–water partition coefficient (Wildman–Crippen LogP) is 1.24. The summed E-state index contributed by atoms with van der Waals surface area (Å²) in [6, 6.07) is 9.63. The topological polar surface area (TPSA) is 69.6 Å². The van der Waals surface area contributed by atoms with Crippen LogP contribution in [0.15, 0.2) is 30.3 Å². The first-order valence-corrected chi connectivity index (χ1v) is 6.26. The van der Waals surface area contributed by atoms with E-state index in [4.69, 9.17) is 10.2 Å². The number of aliphatic hydroxyl groups excluding tert-OH is 2. The summed E-state index contributed by atoms with van der Waals surface area (Å²) in [6.45, 7) is 1.83. The van der Waals surface area contributed by atoms with Crippen LogP contribution in [-0.2, 0) is 4.79 Å². The molecule has 1 aromatic carbocycles. The molecule has 1 amide bonds. The highest BCUT2D eigenvalue weighted by atomic mass is 16.3. The van der Waals surface area contributed by atoms with Gasteiger partial charge in [-0.3, -0.25) is 4.79 Å². The van der Waals surface area contributed by atoms with E-state index in [2.05, 4.69) is 5.32 Å². The van der Waals surface area contributed by atoms with E-state index in [0.29, 0.717) is 12.8 Å². The Balaban J connectivity index is 2.57. The molecule has 3 N–H and O–H groups in total. The summed E-state index contributed by atoms with van der Waals surface area (Å²) >= 11 is 0. The summed E-state index contributed by atoms with van der Waals surface area (Å²) in [5.41, 5.74) is 1.04. The van der Waals surface area contributed by atoms with E-state index in [-0.39, 0.29) is 31.1 Å². The van der Waals surface area contributed by atoms with Crippen molar-refractivity contribution in [1.29, 1.82) is 0 Å². The Kier molecular flexibility index (Phi) is 6.39. The molecule has 100 valence electrons. The predicted molar refractivity (Wildman–Crippen MR) is 69.9 cm³/mol. The van der Waals surface area contributed by atoms with Gasteiger partial charge < -0.3 is 15.5 Å².